The molecule has 1 aliphatic carbocycles. The fraction of sp³-hybridized carbons (Fsp3) is 0.308. The molecule has 5 heteroatoms. The van der Waals surface area contributed by atoms with Crippen molar-refractivity contribution >= 4 is 33.7 Å². The lowest BCUT2D eigenvalue weighted by atomic mass is 10.1. The maximum Gasteiger partial charge on any atom is 0.335 e. The van der Waals surface area contributed by atoms with Gasteiger partial charge in [0.25, 0.3) is 0 Å². The molecule has 1 aromatic heterocycles. The zero-order valence-corrected chi connectivity index (χ0v) is 17.6. The lowest BCUT2D eigenvalue weighted by molar-refractivity contribution is 0.0697. The van der Waals surface area contributed by atoms with E-state index in [2.05, 4.69) is 52.3 Å². The van der Waals surface area contributed by atoms with Crippen molar-refractivity contribution in [1.82, 2.24) is 9.55 Å². The molecule has 0 unspecified atom stereocenters. The molecule has 0 saturated heterocycles. The van der Waals surface area contributed by atoms with Crippen LogP contribution in [0.4, 0.5) is 5.95 Å². The Morgan fingerprint density at radius 2 is 1.74 bits per heavy atom. The van der Waals surface area contributed by atoms with Crippen LogP contribution >= 0.6 is 0 Å². The monoisotopic (exact) mass is 413 g/mol. The highest BCUT2D eigenvalue weighted by molar-refractivity contribution is 5.93. The lowest BCUT2D eigenvalue weighted by Gasteiger charge is -2.20. The molecule has 5 nitrogen and oxygen atoms in total. The molecule has 158 valence electrons. The minimum absolute atomic E-state index is 0.277. The Bertz CT molecular complexity index is 1240. The van der Waals surface area contributed by atoms with Gasteiger partial charge < -0.3 is 15.0 Å². The summed E-state index contributed by atoms with van der Waals surface area (Å²) in [5, 5.41) is 15.4. The molecule has 5 rings (SSSR count). The molecule has 1 fully saturated rings. The van der Waals surface area contributed by atoms with E-state index in [0.717, 1.165) is 29.8 Å². The standard InChI is InChI=1S/C26H27N3O2/c30-25(31)21-13-14-24-23(16-21)28-26(29(24)22-9-3-1-2-4-10-22)27-17-18-11-12-19-7-5-6-8-20(19)15-18/h5-8,11-16,22H,1-4,9-10,17H2,(H,27,28)(H,30,31). The van der Waals surface area contributed by atoms with Crippen LogP contribution in [0.3, 0.4) is 0 Å². The second-order valence-electron chi connectivity index (χ2n) is 8.49. The molecule has 31 heavy (non-hydrogen) atoms. The predicted molar refractivity (Wildman–Crippen MR) is 125 cm³/mol. The zero-order chi connectivity index (χ0) is 21.2. The molecular formula is C26H27N3O2. The van der Waals surface area contributed by atoms with Crippen LogP contribution in [0.15, 0.2) is 60.7 Å². The molecule has 0 radical (unpaired) electrons. The third kappa shape index (κ3) is 4.00. The van der Waals surface area contributed by atoms with Gasteiger partial charge in [-0.2, -0.15) is 0 Å². The zero-order valence-electron chi connectivity index (χ0n) is 17.6. The summed E-state index contributed by atoms with van der Waals surface area (Å²) in [5.74, 6) is -0.0887. The molecule has 0 aliphatic heterocycles. The highest BCUT2D eigenvalue weighted by Crippen LogP contribution is 2.34. The molecule has 1 heterocycles. The van der Waals surface area contributed by atoms with Gasteiger partial charge in [-0.1, -0.05) is 62.1 Å². The Kier molecular flexibility index (Phi) is 5.33. The summed E-state index contributed by atoms with van der Waals surface area (Å²) in [6.07, 6.45) is 7.29. The molecule has 1 aliphatic rings. The van der Waals surface area contributed by atoms with Gasteiger partial charge in [0.2, 0.25) is 5.95 Å². The normalized spacial score (nSPS) is 15.2. The first-order valence-electron chi connectivity index (χ1n) is 11.2. The lowest BCUT2D eigenvalue weighted by Crippen LogP contribution is -2.13. The number of nitrogens with one attached hydrogen (secondary N) is 1. The van der Waals surface area contributed by atoms with Gasteiger partial charge in [0.05, 0.1) is 16.6 Å². The topological polar surface area (TPSA) is 67.2 Å². The molecule has 1 saturated carbocycles. The smallest absolute Gasteiger partial charge is 0.335 e. The minimum atomic E-state index is -0.920. The van der Waals surface area contributed by atoms with E-state index in [1.54, 1.807) is 12.1 Å². The molecule has 0 atom stereocenters. The number of carbonyl (C=O) groups is 1. The van der Waals surface area contributed by atoms with Crippen molar-refractivity contribution in [1.29, 1.82) is 0 Å². The summed E-state index contributed by atoms with van der Waals surface area (Å²) in [5.41, 5.74) is 3.23. The maximum atomic E-state index is 11.5. The van der Waals surface area contributed by atoms with Gasteiger partial charge in [-0.25, -0.2) is 9.78 Å². The van der Waals surface area contributed by atoms with E-state index in [1.807, 2.05) is 6.07 Å². The van der Waals surface area contributed by atoms with E-state index in [4.69, 9.17) is 4.98 Å². The summed E-state index contributed by atoms with van der Waals surface area (Å²) in [7, 11) is 0. The van der Waals surface area contributed by atoms with E-state index >= 15 is 0 Å². The van der Waals surface area contributed by atoms with Gasteiger partial charge in [0, 0.05) is 12.6 Å². The van der Waals surface area contributed by atoms with Gasteiger partial charge in [0.15, 0.2) is 0 Å². The Balaban J connectivity index is 1.50. The van der Waals surface area contributed by atoms with Crippen LogP contribution in [0, 0.1) is 0 Å². The summed E-state index contributed by atoms with van der Waals surface area (Å²) in [6.45, 7) is 0.673. The number of anilines is 1. The highest BCUT2D eigenvalue weighted by Gasteiger charge is 2.21. The summed E-state index contributed by atoms with van der Waals surface area (Å²) in [6, 6.07) is 20.6. The van der Waals surface area contributed by atoms with E-state index in [0.29, 0.717) is 12.6 Å². The number of hydrogen-bond acceptors (Lipinski definition) is 3. The van der Waals surface area contributed by atoms with Crippen LogP contribution in [0.5, 0.6) is 0 Å². The fourth-order valence-corrected chi connectivity index (χ4v) is 4.77. The predicted octanol–water partition coefficient (Wildman–Crippen LogP) is 6.40. The summed E-state index contributed by atoms with van der Waals surface area (Å²) in [4.78, 5) is 16.3. The van der Waals surface area contributed by atoms with Crippen molar-refractivity contribution in [3.8, 4) is 0 Å². The molecule has 3 aromatic carbocycles. The van der Waals surface area contributed by atoms with Crippen molar-refractivity contribution in [3.05, 3.63) is 71.8 Å². The van der Waals surface area contributed by atoms with Gasteiger partial charge >= 0.3 is 5.97 Å². The van der Waals surface area contributed by atoms with Crippen LogP contribution in [0.1, 0.15) is 60.5 Å². The van der Waals surface area contributed by atoms with E-state index < -0.39 is 5.97 Å². The van der Waals surface area contributed by atoms with Crippen molar-refractivity contribution < 1.29 is 9.90 Å². The number of carboxylic acid groups (broad SMARTS) is 1. The second-order valence-corrected chi connectivity index (χ2v) is 8.49. The van der Waals surface area contributed by atoms with Gasteiger partial charge in [-0.3, -0.25) is 0 Å². The van der Waals surface area contributed by atoms with Crippen molar-refractivity contribution in [3.63, 3.8) is 0 Å². The molecular weight excluding hydrogens is 386 g/mol. The number of imidazole rings is 1. The first-order valence-corrected chi connectivity index (χ1v) is 11.2. The number of benzene rings is 3. The average Bonchev–Trinajstić information content (AvgIpc) is 2.94. The highest BCUT2D eigenvalue weighted by atomic mass is 16.4. The van der Waals surface area contributed by atoms with E-state index in [-0.39, 0.29) is 5.56 Å². The number of aromatic carboxylic acids is 1. The number of fused-ring (bicyclic) bond motifs is 2. The van der Waals surface area contributed by atoms with Crippen LogP contribution in [0.25, 0.3) is 21.8 Å². The Morgan fingerprint density at radius 3 is 2.52 bits per heavy atom. The van der Waals surface area contributed by atoms with Gasteiger partial charge in [0.1, 0.15) is 0 Å². The van der Waals surface area contributed by atoms with Crippen LogP contribution < -0.4 is 5.32 Å². The van der Waals surface area contributed by atoms with Crippen molar-refractivity contribution in [2.75, 3.05) is 5.32 Å². The van der Waals surface area contributed by atoms with Crippen molar-refractivity contribution in [2.45, 2.75) is 51.1 Å². The first-order chi connectivity index (χ1) is 15.2. The fourth-order valence-electron chi connectivity index (χ4n) is 4.77. The molecule has 0 bridgehead atoms. The minimum Gasteiger partial charge on any atom is -0.478 e. The number of aromatic nitrogens is 2. The third-order valence-corrected chi connectivity index (χ3v) is 6.39. The molecule has 4 aromatic rings. The number of rotatable bonds is 5. The number of carboxylic acids is 1. The second kappa shape index (κ2) is 8.42. The van der Waals surface area contributed by atoms with E-state index in [1.165, 1.54) is 42.0 Å². The van der Waals surface area contributed by atoms with Crippen LogP contribution in [-0.2, 0) is 6.54 Å². The Hall–Kier alpha value is -3.34. The maximum absolute atomic E-state index is 11.5. The first kappa shape index (κ1) is 19.6. The van der Waals surface area contributed by atoms with E-state index in [9.17, 15) is 9.90 Å². The molecule has 0 spiro atoms. The SMILES string of the molecule is O=C(O)c1ccc2c(c1)nc(NCc1ccc3ccccc3c1)n2C1CCCCCC1. The number of hydrogen-bond donors (Lipinski definition) is 2. The van der Waals surface area contributed by atoms with Gasteiger partial charge in [-0.05, 0) is 53.4 Å². The van der Waals surface area contributed by atoms with Crippen LogP contribution in [-0.4, -0.2) is 20.6 Å². The molecule has 2 N–H and O–H groups in total. The largest absolute Gasteiger partial charge is 0.478 e. The summed E-state index contributed by atoms with van der Waals surface area (Å²) >= 11 is 0. The quantitative estimate of drug-likeness (QED) is 0.372. The van der Waals surface area contributed by atoms with Gasteiger partial charge in [-0.15, -0.1) is 0 Å². The van der Waals surface area contributed by atoms with Crippen LogP contribution in [0.2, 0.25) is 0 Å². The molecule has 0 amide bonds. The number of nitrogens with zero attached hydrogens (tertiary/aromatic N) is 2. The summed E-state index contributed by atoms with van der Waals surface area (Å²) < 4.78 is 2.31. The Labute approximate surface area is 181 Å². The average molecular weight is 414 g/mol. The van der Waals surface area contributed by atoms with Crippen molar-refractivity contribution in [2.24, 2.45) is 0 Å². The third-order valence-electron chi connectivity index (χ3n) is 6.39. The Morgan fingerprint density at radius 1 is 0.968 bits per heavy atom.